The standard InChI is InChI=1S/C20H22Cl3N3S/c1-13-16(22)11-24-18(17(13)23)26-19(27)25-12-20(8-3-2-4-9-20)14-6-5-7-15(21)10-14/h5-7,10-11H,2-4,8-9,12H2,1H3,(H2,24,25,26,27). The van der Waals surface area contributed by atoms with Gasteiger partial charge < -0.3 is 10.6 Å². The number of nitrogens with one attached hydrogen (secondary N) is 2. The molecular formula is C20H22Cl3N3S. The molecule has 3 rings (SSSR count). The van der Waals surface area contributed by atoms with Gasteiger partial charge in [0.05, 0.1) is 10.0 Å². The van der Waals surface area contributed by atoms with E-state index in [1.54, 1.807) is 6.20 Å². The SMILES string of the molecule is Cc1c(Cl)cnc(NC(=S)NCC2(c3cccc(Cl)c3)CCCCC2)c1Cl. The summed E-state index contributed by atoms with van der Waals surface area (Å²) in [6.45, 7) is 2.59. The van der Waals surface area contributed by atoms with Gasteiger partial charge in [-0.1, -0.05) is 66.2 Å². The number of pyridine rings is 1. The fraction of sp³-hybridized carbons (Fsp3) is 0.400. The maximum Gasteiger partial charge on any atom is 0.172 e. The van der Waals surface area contributed by atoms with Crippen molar-refractivity contribution in [2.45, 2.75) is 44.4 Å². The molecule has 1 aliphatic carbocycles. The molecule has 1 saturated carbocycles. The number of hydrogen-bond acceptors (Lipinski definition) is 2. The summed E-state index contributed by atoms with van der Waals surface area (Å²) >= 11 is 24.1. The molecule has 0 amide bonds. The van der Waals surface area contributed by atoms with Gasteiger partial charge in [-0.15, -0.1) is 0 Å². The lowest BCUT2D eigenvalue weighted by atomic mass is 9.69. The minimum atomic E-state index is 0.0298. The highest BCUT2D eigenvalue weighted by Crippen LogP contribution is 2.39. The zero-order valence-corrected chi connectivity index (χ0v) is 18.2. The molecule has 0 spiro atoms. The zero-order valence-electron chi connectivity index (χ0n) is 15.1. The van der Waals surface area contributed by atoms with Crippen LogP contribution in [0.3, 0.4) is 0 Å². The van der Waals surface area contributed by atoms with Crippen molar-refractivity contribution in [3.8, 4) is 0 Å². The smallest absolute Gasteiger partial charge is 0.172 e. The van der Waals surface area contributed by atoms with Crippen molar-refractivity contribution < 1.29 is 0 Å². The van der Waals surface area contributed by atoms with Gasteiger partial charge in [-0.2, -0.15) is 0 Å². The molecule has 2 aromatic rings. The largest absolute Gasteiger partial charge is 0.362 e. The van der Waals surface area contributed by atoms with Crippen LogP contribution in [0.15, 0.2) is 30.5 Å². The van der Waals surface area contributed by atoms with Crippen molar-refractivity contribution in [2.24, 2.45) is 0 Å². The van der Waals surface area contributed by atoms with Crippen molar-refractivity contribution in [3.05, 3.63) is 56.7 Å². The number of rotatable bonds is 4. The van der Waals surface area contributed by atoms with Crippen LogP contribution in [0, 0.1) is 6.92 Å². The minimum absolute atomic E-state index is 0.0298. The first kappa shape index (κ1) is 20.7. The van der Waals surface area contributed by atoms with E-state index in [0.29, 0.717) is 21.0 Å². The third-order valence-electron chi connectivity index (χ3n) is 5.27. The molecule has 0 atom stereocenters. The minimum Gasteiger partial charge on any atom is -0.362 e. The van der Waals surface area contributed by atoms with Crippen LogP contribution in [-0.2, 0) is 5.41 Å². The van der Waals surface area contributed by atoms with Crippen LogP contribution < -0.4 is 10.6 Å². The molecule has 27 heavy (non-hydrogen) atoms. The summed E-state index contributed by atoms with van der Waals surface area (Å²) in [6, 6.07) is 8.17. The van der Waals surface area contributed by atoms with E-state index in [4.69, 9.17) is 47.0 Å². The Morgan fingerprint density at radius 1 is 1.19 bits per heavy atom. The predicted molar refractivity (Wildman–Crippen MR) is 119 cm³/mol. The van der Waals surface area contributed by atoms with E-state index < -0.39 is 0 Å². The Bertz CT molecular complexity index is 835. The second-order valence-corrected chi connectivity index (χ2v) is 8.68. The van der Waals surface area contributed by atoms with Crippen molar-refractivity contribution in [1.82, 2.24) is 10.3 Å². The molecule has 3 nitrogen and oxygen atoms in total. The maximum atomic E-state index is 6.32. The quantitative estimate of drug-likeness (QED) is 0.527. The number of anilines is 1. The van der Waals surface area contributed by atoms with Gasteiger partial charge in [-0.05, 0) is 55.2 Å². The molecule has 1 aromatic heterocycles. The van der Waals surface area contributed by atoms with Gasteiger partial charge >= 0.3 is 0 Å². The molecule has 0 bridgehead atoms. The molecule has 144 valence electrons. The van der Waals surface area contributed by atoms with Crippen molar-refractivity contribution in [1.29, 1.82) is 0 Å². The van der Waals surface area contributed by atoms with E-state index in [1.165, 1.54) is 24.8 Å². The average molecular weight is 443 g/mol. The number of aromatic nitrogens is 1. The topological polar surface area (TPSA) is 37.0 Å². The molecule has 1 fully saturated rings. The van der Waals surface area contributed by atoms with E-state index in [1.807, 2.05) is 19.1 Å². The fourth-order valence-electron chi connectivity index (χ4n) is 3.66. The van der Waals surface area contributed by atoms with Gasteiger partial charge in [-0.25, -0.2) is 4.98 Å². The highest BCUT2D eigenvalue weighted by atomic mass is 35.5. The lowest BCUT2D eigenvalue weighted by Crippen LogP contribution is -2.43. The highest BCUT2D eigenvalue weighted by Gasteiger charge is 2.34. The monoisotopic (exact) mass is 441 g/mol. The third-order valence-corrected chi connectivity index (χ3v) is 6.59. The molecule has 0 unspecified atom stereocenters. The summed E-state index contributed by atoms with van der Waals surface area (Å²) in [5, 5.41) is 8.74. The summed E-state index contributed by atoms with van der Waals surface area (Å²) in [7, 11) is 0. The van der Waals surface area contributed by atoms with Gasteiger partial charge in [0.25, 0.3) is 0 Å². The molecule has 1 aliphatic rings. The van der Waals surface area contributed by atoms with Crippen LogP contribution in [0.25, 0.3) is 0 Å². The second-order valence-electron chi connectivity index (χ2n) is 7.05. The summed E-state index contributed by atoms with van der Waals surface area (Å²) in [6.07, 6.45) is 7.48. The van der Waals surface area contributed by atoms with Gasteiger partial charge in [0, 0.05) is 23.2 Å². The third kappa shape index (κ3) is 4.86. The normalized spacial score (nSPS) is 16.0. The molecule has 0 aliphatic heterocycles. The lowest BCUT2D eigenvalue weighted by Gasteiger charge is -2.38. The van der Waals surface area contributed by atoms with Crippen LogP contribution in [0.2, 0.25) is 15.1 Å². The van der Waals surface area contributed by atoms with E-state index >= 15 is 0 Å². The first-order chi connectivity index (χ1) is 12.9. The molecule has 2 N–H and O–H groups in total. The lowest BCUT2D eigenvalue weighted by molar-refractivity contribution is 0.292. The zero-order chi connectivity index (χ0) is 19.4. The molecule has 7 heteroatoms. The van der Waals surface area contributed by atoms with Gasteiger partial charge in [0.15, 0.2) is 10.9 Å². The van der Waals surface area contributed by atoms with Crippen molar-refractivity contribution >= 4 is 58.0 Å². The van der Waals surface area contributed by atoms with Crippen LogP contribution in [-0.4, -0.2) is 16.6 Å². The number of thiocarbonyl (C=S) groups is 1. The molecule has 1 heterocycles. The highest BCUT2D eigenvalue weighted by molar-refractivity contribution is 7.80. The number of hydrogen-bond donors (Lipinski definition) is 2. The summed E-state index contributed by atoms with van der Waals surface area (Å²) < 4.78 is 0. The Morgan fingerprint density at radius 3 is 2.63 bits per heavy atom. The number of nitrogens with zero attached hydrogens (tertiary/aromatic N) is 1. The van der Waals surface area contributed by atoms with Crippen molar-refractivity contribution in [2.75, 3.05) is 11.9 Å². The summed E-state index contributed by atoms with van der Waals surface area (Å²) in [5.41, 5.74) is 2.08. The Balaban J connectivity index is 1.72. The van der Waals surface area contributed by atoms with E-state index in [9.17, 15) is 0 Å². The summed E-state index contributed by atoms with van der Waals surface area (Å²) in [5.74, 6) is 0.511. The Labute approximate surface area is 180 Å². The van der Waals surface area contributed by atoms with E-state index in [-0.39, 0.29) is 5.41 Å². The van der Waals surface area contributed by atoms with Crippen LogP contribution in [0.1, 0.15) is 43.2 Å². The molecular weight excluding hydrogens is 421 g/mol. The van der Waals surface area contributed by atoms with E-state index in [2.05, 4.69) is 27.8 Å². The molecule has 0 saturated heterocycles. The van der Waals surface area contributed by atoms with Crippen molar-refractivity contribution in [3.63, 3.8) is 0 Å². The van der Waals surface area contributed by atoms with Gasteiger partial charge in [-0.3, -0.25) is 0 Å². The van der Waals surface area contributed by atoms with Crippen LogP contribution in [0.5, 0.6) is 0 Å². The number of halogens is 3. The fourth-order valence-corrected chi connectivity index (χ4v) is 4.41. The predicted octanol–water partition coefficient (Wildman–Crippen LogP) is 6.54. The van der Waals surface area contributed by atoms with Crippen LogP contribution in [0.4, 0.5) is 5.82 Å². The van der Waals surface area contributed by atoms with Gasteiger partial charge in [0.1, 0.15) is 0 Å². The average Bonchev–Trinajstić information content (AvgIpc) is 2.68. The second kappa shape index (κ2) is 8.95. The van der Waals surface area contributed by atoms with Gasteiger partial charge in [0.2, 0.25) is 0 Å². The molecule has 1 aromatic carbocycles. The Morgan fingerprint density at radius 2 is 1.93 bits per heavy atom. The first-order valence-corrected chi connectivity index (χ1v) is 10.6. The first-order valence-electron chi connectivity index (χ1n) is 9.03. The maximum absolute atomic E-state index is 6.32. The Hall–Kier alpha value is -1.07. The Kier molecular flexibility index (Phi) is 6.85. The number of benzene rings is 1. The summed E-state index contributed by atoms with van der Waals surface area (Å²) in [4.78, 5) is 4.24. The molecule has 0 radical (unpaired) electrons. The van der Waals surface area contributed by atoms with Crippen LogP contribution >= 0.6 is 47.0 Å². The van der Waals surface area contributed by atoms with E-state index in [0.717, 1.165) is 30.0 Å².